The van der Waals surface area contributed by atoms with Gasteiger partial charge in [-0.25, -0.2) is 4.79 Å². The summed E-state index contributed by atoms with van der Waals surface area (Å²) in [7, 11) is 0. The zero-order valence-corrected chi connectivity index (χ0v) is 27.0. The third-order valence-corrected chi connectivity index (χ3v) is 9.49. The van der Waals surface area contributed by atoms with E-state index in [0.717, 1.165) is 88.3 Å². The van der Waals surface area contributed by atoms with Crippen molar-refractivity contribution in [3.63, 3.8) is 0 Å². The second-order valence-electron chi connectivity index (χ2n) is 12.6. The van der Waals surface area contributed by atoms with Gasteiger partial charge in [0.1, 0.15) is 19.0 Å². The van der Waals surface area contributed by atoms with Crippen molar-refractivity contribution in [3.05, 3.63) is 47.2 Å². The van der Waals surface area contributed by atoms with Gasteiger partial charge >= 0.3 is 18.1 Å². The third-order valence-electron chi connectivity index (χ3n) is 9.49. The van der Waals surface area contributed by atoms with Gasteiger partial charge in [-0.05, 0) is 64.1 Å². The summed E-state index contributed by atoms with van der Waals surface area (Å²) in [5, 5.41) is 3.45. The quantitative estimate of drug-likeness (QED) is 0.243. The Balaban J connectivity index is 1.03. The summed E-state index contributed by atoms with van der Waals surface area (Å²) >= 11 is 0. The van der Waals surface area contributed by atoms with Crippen LogP contribution in [0, 0.1) is 0 Å². The number of hydrogen-bond acceptors (Lipinski definition) is 11. The van der Waals surface area contributed by atoms with Crippen LogP contribution in [0.15, 0.2) is 30.3 Å². The van der Waals surface area contributed by atoms with Gasteiger partial charge in [0.05, 0.1) is 37.4 Å². The molecule has 3 fully saturated rings. The molecule has 6 rings (SSSR count). The van der Waals surface area contributed by atoms with Gasteiger partial charge < -0.3 is 29.2 Å². The van der Waals surface area contributed by atoms with Gasteiger partial charge in [0, 0.05) is 44.4 Å². The fraction of sp³-hybridized carbons (Fsp3) is 0.647. The normalized spacial score (nSPS) is 22.5. The monoisotopic (exact) mass is 636 g/mol. The van der Waals surface area contributed by atoms with Crippen molar-refractivity contribution in [1.29, 1.82) is 0 Å². The number of rotatable bonds is 14. The Labute approximate surface area is 271 Å². The summed E-state index contributed by atoms with van der Waals surface area (Å²) < 4.78 is 22.7. The first-order valence-electron chi connectivity index (χ1n) is 17.0. The van der Waals surface area contributed by atoms with Crippen LogP contribution in [-0.2, 0) is 38.6 Å². The largest absolute Gasteiger partial charge is 0.466 e. The molecule has 0 spiro atoms. The molecule has 46 heavy (non-hydrogen) atoms. The lowest BCUT2D eigenvalue weighted by molar-refractivity contribution is -0.144. The van der Waals surface area contributed by atoms with Gasteiger partial charge in [-0.3, -0.25) is 14.6 Å². The molecule has 3 saturated heterocycles. The molecule has 250 valence electrons. The van der Waals surface area contributed by atoms with Crippen molar-refractivity contribution in [2.45, 2.75) is 83.1 Å². The Hall–Kier alpha value is -3.48. The highest BCUT2D eigenvalue weighted by atomic mass is 16.6. The number of nitrogens with zero attached hydrogens (tertiary/aromatic N) is 5. The maximum Gasteiger partial charge on any atom is 0.410 e. The number of piperazine rings is 1. The average molecular weight is 637 g/mol. The van der Waals surface area contributed by atoms with Crippen LogP contribution in [0.3, 0.4) is 0 Å². The molecule has 2 unspecified atom stereocenters. The number of esters is 1. The molecule has 12 heteroatoms. The molecule has 1 aromatic heterocycles. The first-order chi connectivity index (χ1) is 22.6. The molecule has 3 atom stereocenters. The van der Waals surface area contributed by atoms with E-state index < -0.39 is 0 Å². The number of fused-ring (bicyclic) bond motifs is 3. The van der Waals surface area contributed by atoms with Crippen molar-refractivity contribution >= 4 is 17.9 Å². The molecule has 1 amide bonds. The minimum Gasteiger partial charge on any atom is -0.466 e. The SMILES string of the molecule is CCOC(=O)CCOCCCN1CCC[C@H]1COc1nc2c(c(N3CC4CCC(C3)N4C(=O)OCc3ccccc3)n1)CCNC2. The Bertz CT molecular complexity index is 1300. The standard InChI is InChI=1S/C34H48N6O6/c1-2-44-31(41)14-19-43-18-7-17-38-16-6-10-28(38)24-45-33-36-30-20-35-15-13-29(30)32(37-33)39-21-26-11-12-27(22-39)40(26)34(42)46-23-25-8-4-3-5-9-25/h3-5,8-9,26-28,35H,2,6-7,10-24H2,1H3/t26?,27?,28-/m0/s1. The number of amides is 1. The van der Waals surface area contributed by atoms with Crippen LogP contribution in [0.1, 0.15) is 62.3 Å². The summed E-state index contributed by atoms with van der Waals surface area (Å²) in [6, 6.07) is 10.8. The fourth-order valence-electron chi connectivity index (χ4n) is 7.22. The Morgan fingerprint density at radius 1 is 1.02 bits per heavy atom. The predicted molar refractivity (Wildman–Crippen MR) is 172 cm³/mol. The van der Waals surface area contributed by atoms with Crippen LogP contribution in [-0.4, -0.2) is 109 Å². The number of anilines is 1. The van der Waals surface area contributed by atoms with E-state index in [0.29, 0.717) is 51.4 Å². The number of carbonyl (C=O) groups excluding carboxylic acids is 2. The van der Waals surface area contributed by atoms with E-state index in [1.165, 1.54) is 5.56 Å². The molecule has 0 aliphatic carbocycles. The van der Waals surface area contributed by atoms with Crippen LogP contribution >= 0.6 is 0 Å². The lowest BCUT2D eigenvalue weighted by atomic mass is 10.1. The molecular formula is C34H48N6O6. The van der Waals surface area contributed by atoms with E-state index in [1.807, 2.05) is 42.2 Å². The highest BCUT2D eigenvalue weighted by Crippen LogP contribution is 2.35. The summed E-state index contributed by atoms with van der Waals surface area (Å²) in [5.74, 6) is 0.746. The number of nitrogens with one attached hydrogen (secondary N) is 1. The molecule has 1 N–H and O–H groups in total. The summed E-state index contributed by atoms with van der Waals surface area (Å²) in [6.07, 6.45) is 5.99. The predicted octanol–water partition coefficient (Wildman–Crippen LogP) is 3.32. The molecule has 4 aliphatic heterocycles. The molecule has 0 saturated carbocycles. The van der Waals surface area contributed by atoms with Crippen molar-refractivity contribution in [2.24, 2.45) is 0 Å². The van der Waals surface area contributed by atoms with Gasteiger partial charge in [0.25, 0.3) is 0 Å². The van der Waals surface area contributed by atoms with E-state index in [1.54, 1.807) is 0 Å². The molecule has 4 aliphatic rings. The van der Waals surface area contributed by atoms with Gasteiger partial charge in [-0.2, -0.15) is 9.97 Å². The molecule has 0 radical (unpaired) electrons. The minimum atomic E-state index is -0.224. The average Bonchev–Trinajstić information content (AvgIpc) is 3.64. The second-order valence-corrected chi connectivity index (χ2v) is 12.6. The number of likely N-dealkylation sites (tertiary alicyclic amines) is 1. The minimum absolute atomic E-state index is 0.0971. The van der Waals surface area contributed by atoms with Crippen molar-refractivity contribution in [1.82, 2.24) is 25.1 Å². The second kappa shape index (κ2) is 15.9. The number of hydrogen-bond donors (Lipinski definition) is 1. The lowest BCUT2D eigenvalue weighted by Crippen LogP contribution is -2.56. The maximum absolute atomic E-state index is 13.2. The number of carbonyl (C=O) groups is 2. The Kier molecular flexibility index (Phi) is 11.2. The zero-order chi connectivity index (χ0) is 31.7. The number of benzene rings is 1. The molecule has 5 heterocycles. The van der Waals surface area contributed by atoms with Crippen LogP contribution in [0.25, 0.3) is 0 Å². The van der Waals surface area contributed by atoms with Gasteiger partial charge in [-0.1, -0.05) is 30.3 Å². The van der Waals surface area contributed by atoms with Crippen LogP contribution in [0.5, 0.6) is 6.01 Å². The summed E-state index contributed by atoms with van der Waals surface area (Å²) in [5.41, 5.74) is 3.19. The van der Waals surface area contributed by atoms with Gasteiger partial charge in [-0.15, -0.1) is 0 Å². The summed E-state index contributed by atoms with van der Waals surface area (Å²) in [6.45, 7) is 9.07. The topological polar surface area (TPSA) is 119 Å². The van der Waals surface area contributed by atoms with Crippen molar-refractivity contribution in [3.8, 4) is 6.01 Å². The Morgan fingerprint density at radius 3 is 2.65 bits per heavy atom. The maximum atomic E-state index is 13.2. The van der Waals surface area contributed by atoms with Crippen LogP contribution < -0.4 is 15.0 Å². The van der Waals surface area contributed by atoms with E-state index in [2.05, 4.69) is 15.1 Å². The van der Waals surface area contributed by atoms with Crippen molar-refractivity contribution in [2.75, 3.05) is 64.1 Å². The molecule has 2 bridgehead atoms. The molecular weight excluding hydrogens is 588 g/mol. The van der Waals surface area contributed by atoms with E-state index >= 15 is 0 Å². The smallest absolute Gasteiger partial charge is 0.410 e. The highest BCUT2D eigenvalue weighted by Gasteiger charge is 2.44. The van der Waals surface area contributed by atoms with E-state index in [4.69, 9.17) is 28.9 Å². The Morgan fingerprint density at radius 2 is 1.85 bits per heavy atom. The molecule has 1 aromatic carbocycles. The van der Waals surface area contributed by atoms with Crippen LogP contribution in [0.4, 0.5) is 10.6 Å². The highest BCUT2D eigenvalue weighted by molar-refractivity contribution is 5.70. The van der Waals surface area contributed by atoms with Crippen molar-refractivity contribution < 1.29 is 28.5 Å². The molecule has 2 aromatic rings. The fourth-order valence-corrected chi connectivity index (χ4v) is 7.22. The number of aromatic nitrogens is 2. The first-order valence-corrected chi connectivity index (χ1v) is 17.0. The molecule has 12 nitrogen and oxygen atoms in total. The van der Waals surface area contributed by atoms with E-state index in [9.17, 15) is 9.59 Å². The third kappa shape index (κ3) is 8.08. The van der Waals surface area contributed by atoms with E-state index in [-0.39, 0.29) is 30.8 Å². The lowest BCUT2D eigenvalue weighted by Gasteiger charge is -2.41. The van der Waals surface area contributed by atoms with Crippen LogP contribution in [0.2, 0.25) is 0 Å². The number of ether oxygens (including phenoxy) is 4. The first kappa shape index (κ1) is 32.5. The zero-order valence-electron chi connectivity index (χ0n) is 27.0. The summed E-state index contributed by atoms with van der Waals surface area (Å²) in [4.78, 5) is 41.3. The van der Waals surface area contributed by atoms with Gasteiger partial charge in [0.2, 0.25) is 0 Å². The van der Waals surface area contributed by atoms with Gasteiger partial charge in [0.15, 0.2) is 0 Å².